The first-order chi connectivity index (χ1) is 10.1. The Balaban J connectivity index is 2.40. The lowest BCUT2D eigenvalue weighted by molar-refractivity contribution is -0.118. The van der Waals surface area contributed by atoms with Crippen LogP contribution in [0.2, 0.25) is 6.04 Å². The van der Waals surface area contributed by atoms with Crippen LogP contribution in [-0.2, 0) is 18.1 Å². The van der Waals surface area contributed by atoms with E-state index in [0.29, 0.717) is 12.5 Å². The summed E-state index contributed by atoms with van der Waals surface area (Å²) < 4.78 is 15.9. The van der Waals surface area contributed by atoms with Gasteiger partial charge in [0, 0.05) is 33.1 Å². The molecule has 1 aromatic rings. The molecule has 7 heteroatoms. The maximum atomic E-state index is 12.0. The summed E-state index contributed by atoms with van der Waals surface area (Å²) in [7, 11) is 1.97. The van der Waals surface area contributed by atoms with Crippen molar-refractivity contribution < 1.29 is 18.1 Å². The number of carbonyl (C=O) groups is 1. The Hall–Kier alpha value is -1.25. The average molecular weight is 312 g/mol. The minimum atomic E-state index is -2.67. The van der Waals surface area contributed by atoms with Crippen molar-refractivity contribution in [3.8, 4) is 0 Å². The fourth-order valence-corrected chi connectivity index (χ4v) is 3.70. The molecule has 0 saturated carbocycles. The SMILES string of the molecule is CO[Si](CCC(N)C(=O)CNc1ccccc1)(OC)OC. The fourth-order valence-electron chi connectivity index (χ4n) is 1.93. The van der Waals surface area contributed by atoms with E-state index in [2.05, 4.69) is 5.32 Å². The van der Waals surface area contributed by atoms with Crippen molar-refractivity contribution in [1.29, 1.82) is 0 Å². The summed E-state index contributed by atoms with van der Waals surface area (Å²) >= 11 is 0. The van der Waals surface area contributed by atoms with Gasteiger partial charge in [0.25, 0.3) is 0 Å². The van der Waals surface area contributed by atoms with E-state index in [1.807, 2.05) is 30.3 Å². The number of benzene rings is 1. The van der Waals surface area contributed by atoms with Gasteiger partial charge in [-0.15, -0.1) is 0 Å². The molecule has 21 heavy (non-hydrogen) atoms. The molecule has 1 rings (SSSR count). The summed E-state index contributed by atoms with van der Waals surface area (Å²) in [5.74, 6) is -0.0509. The summed E-state index contributed by atoms with van der Waals surface area (Å²) in [5.41, 5.74) is 6.81. The van der Waals surface area contributed by atoms with E-state index >= 15 is 0 Å². The smallest absolute Gasteiger partial charge is 0.378 e. The molecule has 0 saturated heterocycles. The number of rotatable bonds is 10. The Labute approximate surface area is 126 Å². The van der Waals surface area contributed by atoms with Crippen molar-refractivity contribution in [2.24, 2.45) is 5.73 Å². The number of hydrogen-bond donors (Lipinski definition) is 2. The van der Waals surface area contributed by atoms with Crippen LogP contribution in [0.15, 0.2) is 30.3 Å². The van der Waals surface area contributed by atoms with Gasteiger partial charge in [-0.25, -0.2) is 0 Å². The molecule has 0 aliphatic carbocycles. The van der Waals surface area contributed by atoms with Gasteiger partial charge in [0.1, 0.15) is 0 Å². The van der Waals surface area contributed by atoms with Crippen LogP contribution in [0.3, 0.4) is 0 Å². The van der Waals surface area contributed by atoms with Crippen LogP contribution >= 0.6 is 0 Å². The normalized spacial score (nSPS) is 13.0. The van der Waals surface area contributed by atoms with Crippen LogP contribution in [-0.4, -0.2) is 48.5 Å². The molecule has 0 heterocycles. The second-order valence-corrected chi connectivity index (χ2v) is 7.72. The monoisotopic (exact) mass is 312 g/mol. The van der Waals surface area contributed by atoms with Crippen molar-refractivity contribution in [2.75, 3.05) is 33.2 Å². The van der Waals surface area contributed by atoms with E-state index in [4.69, 9.17) is 19.0 Å². The highest BCUT2D eigenvalue weighted by molar-refractivity contribution is 6.60. The van der Waals surface area contributed by atoms with Crippen molar-refractivity contribution >= 4 is 20.3 Å². The minimum Gasteiger partial charge on any atom is -0.378 e. The second-order valence-electron chi connectivity index (χ2n) is 4.63. The average Bonchev–Trinajstić information content (AvgIpc) is 2.55. The van der Waals surface area contributed by atoms with Crippen LogP contribution < -0.4 is 11.1 Å². The number of Topliss-reactive ketones (excluding diaryl/α,β-unsaturated/α-hetero) is 1. The Bertz CT molecular complexity index is 418. The Morgan fingerprint density at radius 2 is 1.76 bits per heavy atom. The zero-order valence-electron chi connectivity index (χ0n) is 12.8. The summed E-state index contributed by atoms with van der Waals surface area (Å²) in [4.78, 5) is 12.0. The molecule has 118 valence electrons. The molecule has 1 atom stereocenters. The Morgan fingerprint density at radius 1 is 1.19 bits per heavy atom. The van der Waals surface area contributed by atoms with Crippen LogP contribution in [0.5, 0.6) is 0 Å². The minimum absolute atomic E-state index is 0.0509. The topological polar surface area (TPSA) is 82.8 Å². The van der Waals surface area contributed by atoms with Crippen LogP contribution in [0, 0.1) is 0 Å². The molecule has 0 bridgehead atoms. The number of para-hydroxylation sites is 1. The van der Waals surface area contributed by atoms with E-state index in [1.54, 1.807) is 21.3 Å². The van der Waals surface area contributed by atoms with Gasteiger partial charge in [-0.1, -0.05) is 18.2 Å². The van der Waals surface area contributed by atoms with Crippen LogP contribution in [0.25, 0.3) is 0 Å². The maximum absolute atomic E-state index is 12.0. The molecule has 0 radical (unpaired) electrons. The molecule has 1 aromatic carbocycles. The third-order valence-corrected chi connectivity index (χ3v) is 6.12. The van der Waals surface area contributed by atoms with Gasteiger partial charge >= 0.3 is 8.80 Å². The van der Waals surface area contributed by atoms with Gasteiger partial charge in [-0.2, -0.15) is 0 Å². The third-order valence-electron chi connectivity index (χ3n) is 3.35. The predicted octanol–water partition coefficient (Wildman–Crippen LogP) is 1.26. The standard InChI is InChI=1S/C14H24N2O4Si/c1-18-21(19-2,20-3)10-9-13(15)14(17)11-16-12-7-5-4-6-8-12/h4-8,13,16H,9-11,15H2,1-3H3. The summed E-state index contributed by atoms with van der Waals surface area (Å²) in [6, 6.07) is 9.48. The number of nitrogens with two attached hydrogens (primary N) is 1. The molecular formula is C14H24N2O4Si. The molecule has 3 N–H and O–H groups in total. The molecular weight excluding hydrogens is 288 g/mol. The highest BCUT2D eigenvalue weighted by Gasteiger charge is 2.38. The lowest BCUT2D eigenvalue weighted by Gasteiger charge is -2.25. The van der Waals surface area contributed by atoms with Gasteiger partial charge < -0.3 is 24.3 Å². The molecule has 1 unspecified atom stereocenters. The highest BCUT2D eigenvalue weighted by Crippen LogP contribution is 2.16. The summed E-state index contributed by atoms with van der Waals surface area (Å²) in [6.45, 7) is 0.201. The zero-order chi connectivity index (χ0) is 15.7. The van der Waals surface area contributed by atoms with Crippen LogP contribution in [0.1, 0.15) is 6.42 Å². The highest BCUT2D eigenvalue weighted by atomic mass is 28.4. The molecule has 0 aliphatic heterocycles. The van der Waals surface area contributed by atoms with Gasteiger partial charge in [-0.05, 0) is 18.6 Å². The first-order valence-corrected chi connectivity index (χ1v) is 8.72. The van der Waals surface area contributed by atoms with Gasteiger partial charge in [0.2, 0.25) is 0 Å². The molecule has 0 fully saturated rings. The first-order valence-electron chi connectivity index (χ1n) is 6.79. The molecule has 0 aliphatic rings. The van der Waals surface area contributed by atoms with Gasteiger partial charge in [0.15, 0.2) is 5.78 Å². The van der Waals surface area contributed by atoms with E-state index in [9.17, 15) is 4.79 Å². The zero-order valence-corrected chi connectivity index (χ0v) is 13.8. The summed E-state index contributed by atoms with van der Waals surface area (Å²) in [6.07, 6.45) is 0.469. The van der Waals surface area contributed by atoms with Crippen molar-refractivity contribution in [1.82, 2.24) is 0 Å². The number of hydrogen-bond acceptors (Lipinski definition) is 6. The molecule has 6 nitrogen and oxygen atoms in total. The van der Waals surface area contributed by atoms with E-state index < -0.39 is 14.8 Å². The largest absolute Gasteiger partial charge is 0.500 e. The lowest BCUT2D eigenvalue weighted by atomic mass is 10.1. The Morgan fingerprint density at radius 3 is 2.29 bits per heavy atom. The quantitative estimate of drug-likeness (QED) is 0.633. The molecule has 0 aromatic heterocycles. The number of anilines is 1. The lowest BCUT2D eigenvalue weighted by Crippen LogP contribution is -2.45. The van der Waals surface area contributed by atoms with Gasteiger partial charge in [-0.3, -0.25) is 4.79 Å². The van der Waals surface area contributed by atoms with E-state index in [1.165, 1.54) is 0 Å². The third kappa shape index (κ3) is 5.56. The molecule has 0 spiro atoms. The number of nitrogens with one attached hydrogen (secondary N) is 1. The molecule has 0 amide bonds. The van der Waals surface area contributed by atoms with Crippen molar-refractivity contribution in [2.45, 2.75) is 18.5 Å². The van der Waals surface area contributed by atoms with E-state index in [0.717, 1.165) is 5.69 Å². The fraction of sp³-hybridized carbons (Fsp3) is 0.500. The number of ketones is 1. The number of carbonyl (C=O) groups excluding carboxylic acids is 1. The van der Waals surface area contributed by atoms with Gasteiger partial charge in [0.05, 0.1) is 12.6 Å². The predicted molar refractivity (Wildman–Crippen MR) is 84.1 cm³/mol. The maximum Gasteiger partial charge on any atom is 0.500 e. The Kier molecular flexibility index (Phi) is 7.55. The van der Waals surface area contributed by atoms with Crippen LogP contribution in [0.4, 0.5) is 5.69 Å². The van der Waals surface area contributed by atoms with Crippen molar-refractivity contribution in [3.63, 3.8) is 0 Å². The first kappa shape index (κ1) is 17.8. The summed E-state index contributed by atoms with van der Waals surface area (Å²) in [5, 5.41) is 3.05. The van der Waals surface area contributed by atoms with Crippen molar-refractivity contribution in [3.05, 3.63) is 30.3 Å². The van der Waals surface area contributed by atoms with E-state index in [-0.39, 0.29) is 12.3 Å². The second kappa shape index (κ2) is 8.91.